The molecule has 0 saturated carbocycles. The van der Waals surface area contributed by atoms with Crippen molar-refractivity contribution < 1.29 is 0 Å². The van der Waals surface area contributed by atoms with Crippen LogP contribution in [0.25, 0.3) is 0 Å². The molecule has 0 amide bonds. The molecule has 3 heteroatoms. The van der Waals surface area contributed by atoms with E-state index in [1.54, 1.807) is 0 Å². The molecule has 2 N–H and O–H groups in total. The summed E-state index contributed by atoms with van der Waals surface area (Å²) in [5, 5.41) is 6.50. The molecule has 1 heterocycles. The van der Waals surface area contributed by atoms with E-state index in [9.17, 15) is 0 Å². The maximum Gasteiger partial charge on any atom is 0.128 e. The van der Waals surface area contributed by atoms with Gasteiger partial charge in [0, 0.05) is 13.1 Å². The van der Waals surface area contributed by atoms with Gasteiger partial charge in [0.1, 0.15) is 11.6 Å². The van der Waals surface area contributed by atoms with Crippen molar-refractivity contribution in [2.75, 3.05) is 17.2 Å². The first-order valence-corrected chi connectivity index (χ1v) is 5.87. The highest BCUT2D eigenvalue weighted by Crippen LogP contribution is 2.10. The zero-order valence-electron chi connectivity index (χ0n) is 9.98. The fourth-order valence-electron chi connectivity index (χ4n) is 1.60. The maximum absolute atomic E-state index is 4.46. The summed E-state index contributed by atoms with van der Waals surface area (Å²) in [6, 6.07) is 16.2. The highest BCUT2D eigenvalue weighted by atomic mass is 15.1. The van der Waals surface area contributed by atoms with Gasteiger partial charge in [-0.25, -0.2) is 4.98 Å². The first-order valence-electron chi connectivity index (χ1n) is 5.87. The van der Waals surface area contributed by atoms with Crippen LogP contribution in [-0.2, 0) is 6.54 Å². The molecule has 0 saturated heterocycles. The van der Waals surface area contributed by atoms with Gasteiger partial charge in [0.2, 0.25) is 0 Å². The lowest BCUT2D eigenvalue weighted by Gasteiger charge is -2.08. The summed E-state index contributed by atoms with van der Waals surface area (Å²) in [7, 11) is 0. The van der Waals surface area contributed by atoms with E-state index in [1.807, 2.05) is 36.4 Å². The Morgan fingerprint density at radius 1 is 0.882 bits per heavy atom. The molecule has 0 bridgehead atoms. The van der Waals surface area contributed by atoms with Gasteiger partial charge in [-0.2, -0.15) is 0 Å². The smallest absolute Gasteiger partial charge is 0.128 e. The lowest BCUT2D eigenvalue weighted by Crippen LogP contribution is -2.04. The predicted octanol–water partition coefficient (Wildman–Crippen LogP) is 3.13. The van der Waals surface area contributed by atoms with Crippen LogP contribution in [0.2, 0.25) is 0 Å². The molecule has 1 aromatic carbocycles. The molecule has 0 radical (unpaired) electrons. The van der Waals surface area contributed by atoms with Crippen molar-refractivity contribution in [1.29, 1.82) is 0 Å². The number of anilines is 2. The summed E-state index contributed by atoms with van der Waals surface area (Å²) in [5.41, 5.74) is 1.25. The Bertz CT molecular complexity index is 454. The second-order valence-electron chi connectivity index (χ2n) is 3.78. The van der Waals surface area contributed by atoms with E-state index in [-0.39, 0.29) is 0 Å². The topological polar surface area (TPSA) is 37.0 Å². The number of hydrogen-bond donors (Lipinski definition) is 2. The third kappa shape index (κ3) is 3.48. The summed E-state index contributed by atoms with van der Waals surface area (Å²) in [6.07, 6.45) is 0. The largest absolute Gasteiger partial charge is 0.370 e. The monoisotopic (exact) mass is 227 g/mol. The van der Waals surface area contributed by atoms with Crippen molar-refractivity contribution in [2.24, 2.45) is 0 Å². The Balaban J connectivity index is 1.97. The Hall–Kier alpha value is -2.03. The van der Waals surface area contributed by atoms with E-state index in [0.717, 1.165) is 24.7 Å². The molecule has 0 spiro atoms. The van der Waals surface area contributed by atoms with Gasteiger partial charge in [-0.15, -0.1) is 0 Å². The van der Waals surface area contributed by atoms with Gasteiger partial charge in [0.15, 0.2) is 0 Å². The normalized spacial score (nSPS) is 9.94. The van der Waals surface area contributed by atoms with Gasteiger partial charge in [0.05, 0.1) is 0 Å². The number of benzene rings is 1. The third-order valence-corrected chi connectivity index (χ3v) is 2.42. The van der Waals surface area contributed by atoms with Gasteiger partial charge in [0.25, 0.3) is 0 Å². The van der Waals surface area contributed by atoms with Crippen molar-refractivity contribution in [3.8, 4) is 0 Å². The van der Waals surface area contributed by atoms with E-state index < -0.39 is 0 Å². The van der Waals surface area contributed by atoms with Crippen LogP contribution < -0.4 is 10.6 Å². The number of nitrogens with zero attached hydrogens (tertiary/aromatic N) is 1. The summed E-state index contributed by atoms with van der Waals surface area (Å²) in [6.45, 7) is 3.74. The molecule has 3 nitrogen and oxygen atoms in total. The molecule has 17 heavy (non-hydrogen) atoms. The molecule has 0 aliphatic heterocycles. The molecule has 0 aliphatic rings. The fraction of sp³-hybridized carbons (Fsp3) is 0.214. The Morgan fingerprint density at radius 3 is 2.29 bits per heavy atom. The van der Waals surface area contributed by atoms with Crippen molar-refractivity contribution in [2.45, 2.75) is 13.5 Å². The maximum atomic E-state index is 4.46. The van der Waals surface area contributed by atoms with Gasteiger partial charge in [-0.3, -0.25) is 0 Å². The van der Waals surface area contributed by atoms with Crippen LogP contribution in [-0.4, -0.2) is 11.5 Å². The quantitative estimate of drug-likeness (QED) is 0.824. The average molecular weight is 227 g/mol. The molecule has 2 aromatic rings. The molecule has 0 atom stereocenters. The Morgan fingerprint density at radius 2 is 1.59 bits per heavy atom. The van der Waals surface area contributed by atoms with Gasteiger partial charge in [-0.05, 0) is 24.6 Å². The molecule has 1 aromatic heterocycles. The zero-order valence-corrected chi connectivity index (χ0v) is 9.98. The van der Waals surface area contributed by atoms with Crippen molar-refractivity contribution in [1.82, 2.24) is 4.98 Å². The highest BCUT2D eigenvalue weighted by molar-refractivity contribution is 5.45. The highest BCUT2D eigenvalue weighted by Gasteiger charge is 1.96. The van der Waals surface area contributed by atoms with Crippen LogP contribution >= 0.6 is 0 Å². The molecular weight excluding hydrogens is 210 g/mol. The summed E-state index contributed by atoms with van der Waals surface area (Å²) in [5.74, 6) is 1.80. The fourth-order valence-corrected chi connectivity index (χ4v) is 1.60. The van der Waals surface area contributed by atoms with E-state index in [4.69, 9.17) is 0 Å². The Labute approximate surface area is 102 Å². The average Bonchev–Trinajstić information content (AvgIpc) is 2.39. The Kier molecular flexibility index (Phi) is 3.97. The predicted molar refractivity (Wildman–Crippen MR) is 72.2 cm³/mol. The summed E-state index contributed by atoms with van der Waals surface area (Å²) in [4.78, 5) is 4.46. The van der Waals surface area contributed by atoms with Gasteiger partial charge >= 0.3 is 0 Å². The number of nitrogens with one attached hydrogen (secondary N) is 2. The first-order chi connectivity index (χ1) is 8.38. The van der Waals surface area contributed by atoms with Crippen molar-refractivity contribution >= 4 is 11.6 Å². The van der Waals surface area contributed by atoms with Crippen molar-refractivity contribution in [3.63, 3.8) is 0 Å². The van der Waals surface area contributed by atoms with Crippen LogP contribution in [0.5, 0.6) is 0 Å². The van der Waals surface area contributed by atoms with E-state index in [0.29, 0.717) is 0 Å². The number of pyridine rings is 1. The second kappa shape index (κ2) is 5.89. The lowest BCUT2D eigenvalue weighted by molar-refractivity contribution is 1.10. The molecule has 88 valence electrons. The minimum atomic E-state index is 0.795. The van der Waals surface area contributed by atoms with Crippen molar-refractivity contribution in [3.05, 3.63) is 54.1 Å². The minimum Gasteiger partial charge on any atom is -0.370 e. The standard InChI is InChI=1S/C14H17N3/c1-2-15-13-9-6-10-14(17-13)16-11-12-7-4-3-5-8-12/h3-10H,2,11H2,1H3,(H2,15,16,17). The molecule has 0 unspecified atom stereocenters. The number of hydrogen-bond acceptors (Lipinski definition) is 3. The second-order valence-corrected chi connectivity index (χ2v) is 3.78. The van der Waals surface area contributed by atoms with E-state index in [1.165, 1.54) is 5.56 Å². The molecule has 0 aliphatic carbocycles. The van der Waals surface area contributed by atoms with E-state index in [2.05, 4.69) is 34.7 Å². The molecule has 2 rings (SSSR count). The van der Waals surface area contributed by atoms with E-state index >= 15 is 0 Å². The lowest BCUT2D eigenvalue weighted by atomic mass is 10.2. The SMILES string of the molecule is CCNc1cccc(NCc2ccccc2)n1. The third-order valence-electron chi connectivity index (χ3n) is 2.42. The first kappa shape index (κ1) is 11.5. The van der Waals surface area contributed by atoms with Crippen LogP contribution in [0.15, 0.2) is 48.5 Å². The van der Waals surface area contributed by atoms with Gasteiger partial charge in [-0.1, -0.05) is 36.4 Å². The van der Waals surface area contributed by atoms with Gasteiger partial charge < -0.3 is 10.6 Å². The molecular formula is C14H17N3. The zero-order chi connectivity index (χ0) is 11.9. The van der Waals surface area contributed by atoms with Crippen LogP contribution in [0, 0.1) is 0 Å². The number of aromatic nitrogens is 1. The van der Waals surface area contributed by atoms with Crippen LogP contribution in [0.4, 0.5) is 11.6 Å². The summed E-state index contributed by atoms with van der Waals surface area (Å²) >= 11 is 0. The minimum absolute atomic E-state index is 0.795. The van der Waals surface area contributed by atoms with Crippen LogP contribution in [0.1, 0.15) is 12.5 Å². The summed E-state index contributed by atoms with van der Waals surface area (Å²) < 4.78 is 0. The number of rotatable bonds is 5. The molecule has 0 fully saturated rings. The van der Waals surface area contributed by atoms with Crippen LogP contribution in [0.3, 0.4) is 0 Å².